The summed E-state index contributed by atoms with van der Waals surface area (Å²) in [6.07, 6.45) is 2.90. The SMILES string of the molecule is Cc1cc(C(=O)NCCc2ccccc2)nc(N2CCCc3ccccc32)n1. The Bertz CT molecular complexity index is 971. The summed E-state index contributed by atoms with van der Waals surface area (Å²) in [5.41, 5.74) is 4.84. The molecule has 0 saturated carbocycles. The van der Waals surface area contributed by atoms with Gasteiger partial charge < -0.3 is 10.2 Å². The number of fused-ring (bicyclic) bond motifs is 1. The number of carbonyl (C=O) groups excluding carboxylic acids is 1. The van der Waals surface area contributed by atoms with Gasteiger partial charge in [0.25, 0.3) is 5.91 Å². The molecule has 0 atom stereocenters. The molecule has 28 heavy (non-hydrogen) atoms. The van der Waals surface area contributed by atoms with Crippen LogP contribution in [0.2, 0.25) is 0 Å². The van der Waals surface area contributed by atoms with Crippen LogP contribution in [0.4, 0.5) is 11.6 Å². The molecule has 5 nitrogen and oxygen atoms in total. The number of benzene rings is 2. The van der Waals surface area contributed by atoms with Gasteiger partial charge in [-0.1, -0.05) is 48.5 Å². The number of rotatable bonds is 5. The fraction of sp³-hybridized carbons (Fsp3) is 0.261. The summed E-state index contributed by atoms with van der Waals surface area (Å²) in [6.45, 7) is 3.34. The van der Waals surface area contributed by atoms with Gasteiger partial charge in [-0.05, 0) is 49.4 Å². The van der Waals surface area contributed by atoms with E-state index in [2.05, 4.69) is 50.5 Å². The van der Waals surface area contributed by atoms with Crippen LogP contribution in [0, 0.1) is 6.92 Å². The lowest BCUT2D eigenvalue weighted by Crippen LogP contribution is -2.30. The number of nitrogens with zero attached hydrogens (tertiary/aromatic N) is 3. The van der Waals surface area contributed by atoms with Crippen LogP contribution in [-0.2, 0) is 12.8 Å². The van der Waals surface area contributed by atoms with Crippen molar-refractivity contribution in [2.24, 2.45) is 0 Å². The first kappa shape index (κ1) is 18.2. The standard InChI is InChI=1S/C23H24N4O/c1-17-16-20(22(28)24-14-13-18-8-3-2-4-9-18)26-23(25-17)27-15-7-11-19-10-5-6-12-21(19)27/h2-6,8-10,12,16H,7,11,13-15H2,1H3,(H,24,28). The van der Waals surface area contributed by atoms with Crippen LogP contribution in [0.1, 0.15) is 33.7 Å². The minimum atomic E-state index is -0.159. The molecule has 2 aromatic carbocycles. The van der Waals surface area contributed by atoms with E-state index in [-0.39, 0.29) is 5.91 Å². The van der Waals surface area contributed by atoms with E-state index in [1.807, 2.05) is 31.2 Å². The number of para-hydroxylation sites is 1. The third-order valence-electron chi connectivity index (χ3n) is 4.97. The molecule has 142 valence electrons. The molecule has 1 aliphatic rings. The van der Waals surface area contributed by atoms with E-state index in [9.17, 15) is 4.79 Å². The number of aromatic nitrogens is 2. The normalized spacial score (nSPS) is 13.1. The molecule has 0 spiro atoms. The zero-order valence-electron chi connectivity index (χ0n) is 16.1. The second-order valence-electron chi connectivity index (χ2n) is 7.07. The summed E-state index contributed by atoms with van der Waals surface area (Å²) in [5.74, 6) is 0.438. The Hall–Kier alpha value is -3.21. The molecule has 1 N–H and O–H groups in total. The Morgan fingerprint density at radius 3 is 2.71 bits per heavy atom. The number of hydrogen-bond acceptors (Lipinski definition) is 4. The van der Waals surface area contributed by atoms with Gasteiger partial charge in [0.2, 0.25) is 5.95 Å². The van der Waals surface area contributed by atoms with Gasteiger partial charge in [0.1, 0.15) is 5.69 Å². The number of carbonyl (C=O) groups is 1. The van der Waals surface area contributed by atoms with Crippen molar-refractivity contribution in [3.05, 3.63) is 83.2 Å². The Kier molecular flexibility index (Phi) is 5.33. The van der Waals surface area contributed by atoms with Crippen molar-refractivity contribution in [2.75, 3.05) is 18.0 Å². The van der Waals surface area contributed by atoms with Gasteiger partial charge in [0.05, 0.1) is 0 Å². The van der Waals surface area contributed by atoms with Crippen LogP contribution in [0.15, 0.2) is 60.7 Å². The van der Waals surface area contributed by atoms with Gasteiger partial charge in [-0.25, -0.2) is 9.97 Å². The molecule has 1 amide bonds. The van der Waals surface area contributed by atoms with Crippen LogP contribution in [0.3, 0.4) is 0 Å². The largest absolute Gasteiger partial charge is 0.350 e. The quantitative estimate of drug-likeness (QED) is 0.739. The molecule has 0 fully saturated rings. The lowest BCUT2D eigenvalue weighted by atomic mass is 10.0. The summed E-state index contributed by atoms with van der Waals surface area (Å²) in [7, 11) is 0. The molecule has 1 aliphatic heterocycles. The third-order valence-corrected chi connectivity index (χ3v) is 4.97. The zero-order valence-corrected chi connectivity index (χ0v) is 16.1. The van der Waals surface area contributed by atoms with Crippen molar-refractivity contribution in [3.63, 3.8) is 0 Å². The molecular weight excluding hydrogens is 348 g/mol. The molecule has 4 rings (SSSR count). The van der Waals surface area contributed by atoms with Crippen LogP contribution >= 0.6 is 0 Å². The zero-order chi connectivity index (χ0) is 19.3. The molecule has 0 saturated heterocycles. The van der Waals surface area contributed by atoms with E-state index in [0.29, 0.717) is 18.2 Å². The molecule has 2 heterocycles. The first-order valence-electron chi connectivity index (χ1n) is 9.74. The van der Waals surface area contributed by atoms with Gasteiger partial charge in [0, 0.05) is 24.5 Å². The van der Waals surface area contributed by atoms with E-state index in [1.165, 1.54) is 11.1 Å². The Morgan fingerprint density at radius 2 is 1.86 bits per heavy atom. The van der Waals surface area contributed by atoms with Crippen molar-refractivity contribution in [1.29, 1.82) is 0 Å². The number of amides is 1. The van der Waals surface area contributed by atoms with Crippen molar-refractivity contribution in [1.82, 2.24) is 15.3 Å². The molecular formula is C23H24N4O. The second kappa shape index (κ2) is 8.21. The number of nitrogens with one attached hydrogen (secondary N) is 1. The monoisotopic (exact) mass is 372 g/mol. The lowest BCUT2D eigenvalue weighted by Gasteiger charge is -2.29. The maximum Gasteiger partial charge on any atom is 0.270 e. The first-order chi connectivity index (χ1) is 13.7. The number of anilines is 2. The van der Waals surface area contributed by atoms with Gasteiger partial charge in [-0.2, -0.15) is 0 Å². The molecule has 0 unspecified atom stereocenters. The summed E-state index contributed by atoms with van der Waals surface area (Å²) in [4.78, 5) is 24.0. The topological polar surface area (TPSA) is 58.1 Å². The average molecular weight is 372 g/mol. The maximum absolute atomic E-state index is 12.6. The minimum Gasteiger partial charge on any atom is -0.350 e. The number of hydrogen-bond donors (Lipinski definition) is 1. The second-order valence-corrected chi connectivity index (χ2v) is 7.07. The van der Waals surface area contributed by atoms with Gasteiger partial charge >= 0.3 is 0 Å². The van der Waals surface area contributed by atoms with E-state index >= 15 is 0 Å². The molecule has 3 aromatic rings. The molecule has 0 radical (unpaired) electrons. The number of aryl methyl sites for hydroxylation is 2. The van der Waals surface area contributed by atoms with E-state index in [1.54, 1.807) is 6.07 Å². The highest BCUT2D eigenvalue weighted by atomic mass is 16.1. The van der Waals surface area contributed by atoms with Crippen molar-refractivity contribution < 1.29 is 4.79 Å². The minimum absolute atomic E-state index is 0.159. The highest BCUT2D eigenvalue weighted by Gasteiger charge is 2.21. The highest BCUT2D eigenvalue weighted by molar-refractivity contribution is 5.92. The van der Waals surface area contributed by atoms with Gasteiger partial charge in [-0.15, -0.1) is 0 Å². The van der Waals surface area contributed by atoms with E-state index in [0.717, 1.165) is 37.2 Å². The van der Waals surface area contributed by atoms with Gasteiger partial charge in [-0.3, -0.25) is 4.79 Å². The molecule has 1 aromatic heterocycles. The van der Waals surface area contributed by atoms with Crippen LogP contribution in [-0.4, -0.2) is 29.0 Å². The van der Waals surface area contributed by atoms with Crippen LogP contribution < -0.4 is 10.2 Å². The summed E-state index contributed by atoms with van der Waals surface area (Å²) in [5, 5.41) is 2.98. The van der Waals surface area contributed by atoms with Crippen molar-refractivity contribution in [3.8, 4) is 0 Å². The first-order valence-corrected chi connectivity index (χ1v) is 9.74. The molecule has 5 heteroatoms. The molecule has 0 bridgehead atoms. The molecule has 0 aliphatic carbocycles. The van der Waals surface area contributed by atoms with E-state index < -0.39 is 0 Å². The fourth-order valence-corrected chi connectivity index (χ4v) is 3.59. The van der Waals surface area contributed by atoms with Crippen molar-refractivity contribution >= 4 is 17.5 Å². The van der Waals surface area contributed by atoms with Gasteiger partial charge in [0.15, 0.2) is 0 Å². The van der Waals surface area contributed by atoms with E-state index in [4.69, 9.17) is 0 Å². The summed E-state index contributed by atoms with van der Waals surface area (Å²) < 4.78 is 0. The predicted octanol–water partition coefficient (Wildman–Crippen LogP) is 3.84. The predicted molar refractivity (Wildman–Crippen MR) is 111 cm³/mol. The smallest absolute Gasteiger partial charge is 0.270 e. The Labute approximate surface area is 165 Å². The fourth-order valence-electron chi connectivity index (χ4n) is 3.59. The third kappa shape index (κ3) is 4.03. The lowest BCUT2D eigenvalue weighted by molar-refractivity contribution is 0.0949. The Balaban J connectivity index is 1.50. The average Bonchev–Trinajstić information content (AvgIpc) is 2.73. The maximum atomic E-state index is 12.6. The summed E-state index contributed by atoms with van der Waals surface area (Å²) >= 11 is 0. The summed E-state index contributed by atoms with van der Waals surface area (Å²) in [6, 6.07) is 20.2. The van der Waals surface area contributed by atoms with Crippen LogP contribution in [0.25, 0.3) is 0 Å². The van der Waals surface area contributed by atoms with Crippen LogP contribution in [0.5, 0.6) is 0 Å². The highest BCUT2D eigenvalue weighted by Crippen LogP contribution is 2.31. The van der Waals surface area contributed by atoms with Crippen molar-refractivity contribution in [2.45, 2.75) is 26.2 Å². The Morgan fingerprint density at radius 1 is 1.07 bits per heavy atom.